The minimum atomic E-state index is -0.136. The highest BCUT2D eigenvalue weighted by atomic mass is 35.5. The zero-order chi connectivity index (χ0) is 29.8. The Balaban J connectivity index is 1.34. The van der Waals surface area contributed by atoms with Crippen molar-refractivity contribution in [1.82, 2.24) is 0 Å². The minimum absolute atomic E-state index is 0.0709. The SMILES string of the molecule is COC(C)N1C(=CC=C2CCCC(C=CC3=[N+](C)c4ccc5ccccc5c4C3(C)C)=C2Cl)C(C)(C)c2ccccc21. The van der Waals surface area contributed by atoms with Gasteiger partial charge in [-0.25, -0.2) is 0 Å². The van der Waals surface area contributed by atoms with Crippen LogP contribution in [0.4, 0.5) is 11.4 Å². The van der Waals surface area contributed by atoms with Crippen molar-refractivity contribution in [1.29, 1.82) is 0 Å². The molecule has 0 radical (unpaired) electrons. The standard InChI is InChI=1S/C38H42ClN2O/c1-25(42-7)41-31-18-11-10-17-30(31)37(2,3)34(41)24-21-28-15-12-14-27(36(28)39)20-23-33-38(4,5)35-29-16-9-8-13-26(29)19-22-32(35)40(33)6/h8-11,13,16-25H,12,14-15H2,1-7H3/q+1. The zero-order valence-electron chi connectivity index (χ0n) is 26.0. The average molecular weight is 578 g/mol. The maximum atomic E-state index is 7.15. The number of methoxy groups -OCH3 is 1. The number of para-hydroxylation sites is 1. The van der Waals surface area contributed by atoms with Crippen molar-refractivity contribution < 1.29 is 9.31 Å². The number of anilines is 1. The van der Waals surface area contributed by atoms with E-state index in [1.54, 1.807) is 7.11 Å². The number of allylic oxidation sites excluding steroid dienone is 8. The number of ether oxygens (including phenoxy) is 1. The van der Waals surface area contributed by atoms with E-state index in [0.29, 0.717) is 0 Å². The lowest BCUT2D eigenvalue weighted by Crippen LogP contribution is -2.34. The van der Waals surface area contributed by atoms with Gasteiger partial charge in [0.15, 0.2) is 5.71 Å². The molecule has 2 heterocycles. The Hall–Kier alpha value is -3.40. The van der Waals surface area contributed by atoms with Gasteiger partial charge in [-0.1, -0.05) is 80.1 Å². The van der Waals surface area contributed by atoms with E-state index in [-0.39, 0.29) is 17.1 Å². The molecule has 1 aliphatic carbocycles. The molecule has 0 fully saturated rings. The van der Waals surface area contributed by atoms with Crippen LogP contribution in [0.3, 0.4) is 0 Å². The van der Waals surface area contributed by atoms with Crippen molar-refractivity contribution in [3.05, 3.63) is 118 Å². The maximum absolute atomic E-state index is 7.15. The monoisotopic (exact) mass is 577 g/mol. The molecule has 0 amide bonds. The molecule has 3 nitrogen and oxygen atoms in total. The number of hydrogen-bond acceptors (Lipinski definition) is 2. The van der Waals surface area contributed by atoms with Crippen LogP contribution in [0.15, 0.2) is 107 Å². The molecule has 1 atom stereocenters. The Morgan fingerprint density at radius 3 is 2.43 bits per heavy atom. The minimum Gasteiger partial charge on any atom is -0.362 e. The van der Waals surface area contributed by atoms with Crippen LogP contribution in [0.25, 0.3) is 10.8 Å². The van der Waals surface area contributed by atoms with Crippen LogP contribution in [-0.2, 0) is 15.6 Å². The first-order valence-corrected chi connectivity index (χ1v) is 15.5. The largest absolute Gasteiger partial charge is 0.362 e. The van der Waals surface area contributed by atoms with Crippen LogP contribution in [0.1, 0.15) is 65.0 Å². The molecule has 0 bridgehead atoms. The molecular weight excluding hydrogens is 536 g/mol. The molecular formula is C38H42ClN2O+. The number of fused-ring (bicyclic) bond motifs is 4. The molecule has 0 N–H and O–H groups in total. The lowest BCUT2D eigenvalue weighted by Gasteiger charge is -2.31. The van der Waals surface area contributed by atoms with Crippen LogP contribution in [-0.4, -0.2) is 30.7 Å². The van der Waals surface area contributed by atoms with Crippen LogP contribution in [0.2, 0.25) is 0 Å². The third-order valence-electron chi connectivity index (χ3n) is 9.68. The second-order valence-corrected chi connectivity index (χ2v) is 13.2. The molecule has 3 aromatic carbocycles. The number of rotatable bonds is 5. The predicted octanol–water partition coefficient (Wildman–Crippen LogP) is 9.68. The number of halogens is 1. The Morgan fingerprint density at radius 1 is 0.905 bits per heavy atom. The van der Waals surface area contributed by atoms with E-state index >= 15 is 0 Å². The molecule has 1 unspecified atom stereocenters. The summed E-state index contributed by atoms with van der Waals surface area (Å²) in [7, 11) is 3.96. The van der Waals surface area contributed by atoms with Gasteiger partial charge >= 0.3 is 0 Å². The average Bonchev–Trinajstić information content (AvgIpc) is 3.33. The summed E-state index contributed by atoms with van der Waals surface area (Å²) in [5, 5.41) is 3.50. The molecule has 42 heavy (non-hydrogen) atoms. The molecule has 0 spiro atoms. The van der Waals surface area contributed by atoms with E-state index in [1.807, 2.05) is 0 Å². The fraction of sp³-hybridized carbons (Fsp3) is 0.342. The summed E-state index contributed by atoms with van der Waals surface area (Å²) in [6, 6.07) is 21.9. The normalized spacial score (nSPS) is 22.1. The number of benzene rings is 3. The molecule has 6 rings (SSSR count). The second kappa shape index (κ2) is 10.7. The summed E-state index contributed by atoms with van der Waals surface area (Å²) in [6.45, 7) is 11.4. The lowest BCUT2D eigenvalue weighted by atomic mass is 9.79. The number of nitrogens with zero attached hydrogens (tertiary/aromatic N) is 2. The molecule has 4 heteroatoms. The summed E-state index contributed by atoms with van der Waals surface area (Å²) in [6.07, 6.45) is 12.1. The second-order valence-electron chi connectivity index (χ2n) is 12.9. The summed E-state index contributed by atoms with van der Waals surface area (Å²) < 4.78 is 8.16. The summed E-state index contributed by atoms with van der Waals surface area (Å²) in [5.41, 5.74) is 9.89. The summed E-state index contributed by atoms with van der Waals surface area (Å²) in [5.74, 6) is 0. The Kier molecular flexibility index (Phi) is 7.32. The van der Waals surface area contributed by atoms with Gasteiger partial charge in [-0.15, -0.1) is 0 Å². The van der Waals surface area contributed by atoms with Crippen molar-refractivity contribution in [3.8, 4) is 0 Å². The fourth-order valence-corrected chi connectivity index (χ4v) is 7.64. The van der Waals surface area contributed by atoms with Crippen LogP contribution in [0.5, 0.6) is 0 Å². The van der Waals surface area contributed by atoms with Crippen LogP contribution >= 0.6 is 11.6 Å². The van der Waals surface area contributed by atoms with E-state index in [0.717, 1.165) is 24.3 Å². The molecule has 0 aromatic heterocycles. The summed E-state index contributed by atoms with van der Waals surface area (Å²) >= 11 is 7.15. The molecule has 0 saturated carbocycles. The quantitative estimate of drug-likeness (QED) is 0.280. The van der Waals surface area contributed by atoms with Crippen molar-refractivity contribution in [2.24, 2.45) is 0 Å². The number of hydrogen-bond donors (Lipinski definition) is 0. The lowest BCUT2D eigenvalue weighted by molar-refractivity contribution is -0.401. The third-order valence-corrected chi connectivity index (χ3v) is 10.2. The maximum Gasteiger partial charge on any atom is 0.210 e. The van der Waals surface area contributed by atoms with E-state index in [2.05, 4.69) is 136 Å². The fourth-order valence-electron chi connectivity index (χ4n) is 7.33. The predicted molar refractivity (Wildman–Crippen MR) is 178 cm³/mol. The van der Waals surface area contributed by atoms with E-state index in [9.17, 15) is 0 Å². The van der Waals surface area contributed by atoms with Gasteiger partial charge in [0.25, 0.3) is 0 Å². The van der Waals surface area contributed by atoms with Crippen molar-refractivity contribution in [2.45, 2.75) is 70.9 Å². The topological polar surface area (TPSA) is 15.5 Å². The highest BCUT2D eigenvalue weighted by Crippen LogP contribution is 2.49. The third kappa shape index (κ3) is 4.49. The summed E-state index contributed by atoms with van der Waals surface area (Å²) in [4.78, 5) is 2.32. The zero-order valence-corrected chi connectivity index (χ0v) is 26.7. The first kappa shape index (κ1) is 28.7. The van der Waals surface area contributed by atoms with E-state index in [4.69, 9.17) is 16.3 Å². The van der Waals surface area contributed by atoms with E-state index in [1.165, 1.54) is 55.8 Å². The van der Waals surface area contributed by atoms with Crippen molar-refractivity contribution in [2.75, 3.05) is 19.1 Å². The van der Waals surface area contributed by atoms with Crippen LogP contribution < -0.4 is 4.90 Å². The molecule has 216 valence electrons. The van der Waals surface area contributed by atoms with Gasteiger partial charge < -0.3 is 9.64 Å². The van der Waals surface area contributed by atoms with Gasteiger partial charge in [0.2, 0.25) is 5.69 Å². The van der Waals surface area contributed by atoms with Crippen molar-refractivity contribution >= 4 is 39.5 Å². The highest BCUT2D eigenvalue weighted by molar-refractivity contribution is 6.32. The van der Waals surface area contributed by atoms with Gasteiger partial charge in [-0.05, 0) is 85.7 Å². The Labute approximate surface area is 256 Å². The van der Waals surface area contributed by atoms with Gasteiger partial charge in [-0.3, -0.25) is 0 Å². The first-order chi connectivity index (χ1) is 20.1. The molecule has 0 saturated heterocycles. The first-order valence-electron chi connectivity index (χ1n) is 15.1. The molecule has 3 aliphatic rings. The van der Waals surface area contributed by atoms with Gasteiger partial charge in [0.05, 0.1) is 5.41 Å². The van der Waals surface area contributed by atoms with Gasteiger partial charge in [0, 0.05) is 46.6 Å². The smallest absolute Gasteiger partial charge is 0.210 e. The molecule has 2 aliphatic heterocycles. The Bertz CT molecular complexity index is 1730. The van der Waals surface area contributed by atoms with E-state index < -0.39 is 0 Å². The highest BCUT2D eigenvalue weighted by Gasteiger charge is 2.44. The van der Waals surface area contributed by atoms with Gasteiger partial charge in [-0.2, -0.15) is 4.58 Å². The van der Waals surface area contributed by atoms with Gasteiger partial charge in [0.1, 0.15) is 13.3 Å². The molecule has 3 aromatic rings. The van der Waals surface area contributed by atoms with Crippen molar-refractivity contribution in [3.63, 3.8) is 0 Å². The van der Waals surface area contributed by atoms with Crippen LogP contribution in [0, 0.1) is 0 Å². The Morgan fingerprint density at radius 2 is 1.64 bits per heavy atom.